The minimum absolute atomic E-state index is 0.0595. The second-order valence-electron chi connectivity index (χ2n) is 3.95. The lowest BCUT2D eigenvalue weighted by molar-refractivity contribution is 0.0996. The Bertz CT molecular complexity index is 619. The first-order chi connectivity index (χ1) is 9.66. The molecule has 0 saturated heterocycles. The van der Waals surface area contributed by atoms with Crippen LogP contribution < -0.4 is 10.6 Å². The molecule has 1 heterocycles. The molecule has 102 valence electrons. The van der Waals surface area contributed by atoms with Crippen LogP contribution in [-0.4, -0.2) is 22.4 Å². The normalized spacial score (nSPS) is 9.85. The smallest absolute Gasteiger partial charge is 0.182 e. The van der Waals surface area contributed by atoms with Crippen LogP contribution in [0.1, 0.15) is 10.4 Å². The maximum atomic E-state index is 11.9. The van der Waals surface area contributed by atoms with Crippen LogP contribution in [0.25, 0.3) is 0 Å². The Morgan fingerprint density at radius 2 is 1.90 bits per heavy atom. The van der Waals surface area contributed by atoms with Crippen LogP contribution in [0.2, 0.25) is 5.02 Å². The lowest BCUT2D eigenvalue weighted by Crippen LogP contribution is -2.33. The summed E-state index contributed by atoms with van der Waals surface area (Å²) in [7, 11) is 0. The summed E-state index contributed by atoms with van der Waals surface area (Å²) in [5.41, 5.74) is 1.29. The third kappa shape index (κ3) is 4.01. The molecule has 0 aliphatic heterocycles. The summed E-state index contributed by atoms with van der Waals surface area (Å²) in [5, 5.41) is 6.70. The highest BCUT2D eigenvalue weighted by Crippen LogP contribution is 2.20. The summed E-state index contributed by atoms with van der Waals surface area (Å²) in [6, 6.07) is 10.6. The summed E-state index contributed by atoms with van der Waals surface area (Å²) < 4.78 is 0. The molecule has 2 rings (SSSR count). The van der Waals surface area contributed by atoms with Crippen molar-refractivity contribution in [1.29, 1.82) is 0 Å². The van der Waals surface area contributed by atoms with Crippen molar-refractivity contribution in [3.63, 3.8) is 0 Å². The molecule has 2 aromatic rings. The summed E-state index contributed by atoms with van der Waals surface area (Å²) in [6.07, 6.45) is 3.15. The highest BCUT2D eigenvalue weighted by atomic mass is 35.5. The van der Waals surface area contributed by atoms with Crippen LogP contribution in [0.3, 0.4) is 0 Å². The topological polar surface area (TPSA) is 54.0 Å². The van der Waals surface area contributed by atoms with Crippen molar-refractivity contribution in [2.75, 3.05) is 11.9 Å². The number of para-hydroxylation sites is 1. The molecule has 0 bridgehead atoms. The predicted octanol–water partition coefficient (Wildman–Crippen LogP) is 2.90. The number of nitrogens with one attached hydrogen (secondary N) is 2. The second kappa shape index (κ2) is 6.98. The first kappa shape index (κ1) is 14.4. The van der Waals surface area contributed by atoms with Crippen molar-refractivity contribution in [3.8, 4) is 0 Å². The molecule has 1 aromatic carbocycles. The molecular weight excluding hydrogens is 294 g/mol. The fourth-order valence-corrected chi connectivity index (χ4v) is 1.89. The molecule has 0 aliphatic rings. The van der Waals surface area contributed by atoms with Gasteiger partial charge in [0.05, 0.1) is 17.3 Å². The number of rotatable bonds is 4. The number of carbonyl (C=O) groups excluding carboxylic acids is 1. The summed E-state index contributed by atoms with van der Waals surface area (Å²) in [5.74, 6) is -0.0595. The zero-order valence-electron chi connectivity index (χ0n) is 10.5. The molecule has 0 radical (unpaired) electrons. The van der Waals surface area contributed by atoms with Gasteiger partial charge in [0.15, 0.2) is 10.9 Å². The largest absolute Gasteiger partial charge is 0.355 e. The lowest BCUT2D eigenvalue weighted by atomic mass is 10.2. The number of carbonyl (C=O) groups is 1. The van der Waals surface area contributed by atoms with Gasteiger partial charge in [-0.2, -0.15) is 0 Å². The molecule has 0 aliphatic carbocycles. The van der Waals surface area contributed by atoms with Crippen LogP contribution in [0.15, 0.2) is 48.8 Å². The molecule has 0 atom stereocenters. The molecule has 20 heavy (non-hydrogen) atoms. The molecule has 0 saturated carbocycles. The lowest BCUT2D eigenvalue weighted by Gasteiger charge is -2.11. The fraction of sp³-hybridized carbons (Fsp3) is 0.0714. The number of hydrogen-bond acceptors (Lipinski definition) is 3. The van der Waals surface area contributed by atoms with Crippen molar-refractivity contribution in [3.05, 3.63) is 59.4 Å². The van der Waals surface area contributed by atoms with Crippen LogP contribution in [0, 0.1) is 0 Å². The van der Waals surface area contributed by atoms with E-state index in [1.165, 1.54) is 0 Å². The minimum atomic E-state index is -0.0595. The number of aromatic nitrogens is 1. The number of nitrogens with zero attached hydrogens (tertiary/aromatic N) is 1. The summed E-state index contributed by atoms with van der Waals surface area (Å²) >= 11 is 11.1. The molecule has 6 heteroatoms. The number of thiocarbonyl (C=S) groups is 1. The monoisotopic (exact) mass is 305 g/mol. The first-order valence-electron chi connectivity index (χ1n) is 5.89. The van der Waals surface area contributed by atoms with Crippen molar-refractivity contribution >= 4 is 40.4 Å². The van der Waals surface area contributed by atoms with Gasteiger partial charge in [0.1, 0.15) is 0 Å². The Labute approximate surface area is 127 Å². The number of pyridine rings is 1. The quantitative estimate of drug-likeness (QED) is 0.672. The minimum Gasteiger partial charge on any atom is -0.355 e. The zero-order chi connectivity index (χ0) is 14.4. The maximum Gasteiger partial charge on any atom is 0.182 e. The third-order valence-corrected chi connectivity index (χ3v) is 3.11. The molecule has 0 fully saturated rings. The van der Waals surface area contributed by atoms with E-state index < -0.39 is 0 Å². The highest BCUT2D eigenvalue weighted by Gasteiger charge is 2.06. The number of Topliss-reactive ketones (excluding diaryl/α,β-unsaturated/α-hetero) is 1. The second-order valence-corrected chi connectivity index (χ2v) is 4.76. The van der Waals surface area contributed by atoms with Gasteiger partial charge in [0.25, 0.3) is 0 Å². The van der Waals surface area contributed by atoms with Crippen molar-refractivity contribution in [2.24, 2.45) is 0 Å². The Balaban J connectivity index is 1.87. The third-order valence-electron chi connectivity index (χ3n) is 2.53. The van der Waals surface area contributed by atoms with Gasteiger partial charge in [-0.05, 0) is 36.5 Å². The van der Waals surface area contributed by atoms with Gasteiger partial charge in [0.2, 0.25) is 0 Å². The molecular formula is C14H12ClN3OS. The number of halogens is 1. The van der Waals surface area contributed by atoms with Crippen molar-refractivity contribution in [1.82, 2.24) is 10.3 Å². The van der Waals surface area contributed by atoms with Gasteiger partial charge in [-0.25, -0.2) is 0 Å². The summed E-state index contributed by atoms with van der Waals surface area (Å²) in [6.45, 7) is 0.111. The van der Waals surface area contributed by atoms with Crippen LogP contribution in [0.4, 0.5) is 5.69 Å². The van der Waals surface area contributed by atoms with Gasteiger partial charge in [-0.3, -0.25) is 9.78 Å². The van der Waals surface area contributed by atoms with E-state index >= 15 is 0 Å². The molecule has 0 amide bonds. The maximum absolute atomic E-state index is 11.9. The molecule has 2 N–H and O–H groups in total. The van der Waals surface area contributed by atoms with Gasteiger partial charge in [0, 0.05) is 18.0 Å². The number of hydrogen-bond donors (Lipinski definition) is 2. The Morgan fingerprint density at radius 3 is 2.60 bits per heavy atom. The van der Waals surface area contributed by atoms with E-state index in [0.717, 1.165) is 0 Å². The van der Waals surface area contributed by atoms with E-state index in [1.807, 2.05) is 12.1 Å². The fourth-order valence-electron chi connectivity index (χ4n) is 1.53. The Hall–Kier alpha value is -1.98. The standard InChI is InChI=1S/C14H12ClN3OS/c15-11-3-1-2-4-12(11)18-14(20)17-9-13(19)10-5-7-16-8-6-10/h1-8H,9H2,(H2,17,18,20). The van der Waals surface area contributed by atoms with Crippen LogP contribution in [-0.2, 0) is 0 Å². The van der Waals surface area contributed by atoms with E-state index in [-0.39, 0.29) is 12.3 Å². The van der Waals surface area contributed by atoms with E-state index in [4.69, 9.17) is 23.8 Å². The zero-order valence-corrected chi connectivity index (χ0v) is 12.0. The van der Waals surface area contributed by atoms with E-state index in [1.54, 1.807) is 36.7 Å². The van der Waals surface area contributed by atoms with Gasteiger partial charge < -0.3 is 10.6 Å². The Morgan fingerprint density at radius 1 is 1.20 bits per heavy atom. The van der Waals surface area contributed by atoms with Gasteiger partial charge in [-0.1, -0.05) is 23.7 Å². The van der Waals surface area contributed by atoms with Crippen molar-refractivity contribution < 1.29 is 4.79 Å². The first-order valence-corrected chi connectivity index (χ1v) is 6.68. The molecule has 0 unspecified atom stereocenters. The molecule has 4 nitrogen and oxygen atoms in total. The van der Waals surface area contributed by atoms with Crippen LogP contribution >= 0.6 is 23.8 Å². The van der Waals surface area contributed by atoms with Gasteiger partial charge >= 0.3 is 0 Å². The summed E-state index contributed by atoms with van der Waals surface area (Å²) in [4.78, 5) is 15.7. The van der Waals surface area contributed by atoms with E-state index in [9.17, 15) is 4.79 Å². The Kier molecular flexibility index (Phi) is 5.03. The van der Waals surface area contributed by atoms with E-state index in [2.05, 4.69) is 15.6 Å². The SMILES string of the molecule is O=C(CNC(=S)Nc1ccccc1Cl)c1ccncc1. The van der Waals surface area contributed by atoms with Crippen LogP contribution in [0.5, 0.6) is 0 Å². The molecule has 0 spiro atoms. The number of ketones is 1. The predicted molar refractivity (Wildman–Crippen MR) is 84.2 cm³/mol. The number of anilines is 1. The highest BCUT2D eigenvalue weighted by molar-refractivity contribution is 7.80. The average molecular weight is 306 g/mol. The molecule has 1 aromatic heterocycles. The average Bonchev–Trinajstić information content (AvgIpc) is 2.48. The number of benzene rings is 1. The van der Waals surface area contributed by atoms with Crippen molar-refractivity contribution in [2.45, 2.75) is 0 Å². The van der Waals surface area contributed by atoms with E-state index in [0.29, 0.717) is 21.4 Å². The van der Waals surface area contributed by atoms with Gasteiger partial charge in [-0.15, -0.1) is 0 Å².